The first-order valence-electron chi connectivity index (χ1n) is 6.49. The van der Waals surface area contributed by atoms with Gasteiger partial charge in [0, 0.05) is 5.39 Å². The molecule has 6 heteroatoms. The molecule has 0 aliphatic rings. The third-order valence-corrected chi connectivity index (χ3v) is 3.43. The van der Waals surface area contributed by atoms with Crippen LogP contribution in [0.5, 0.6) is 0 Å². The lowest BCUT2D eigenvalue weighted by Gasteiger charge is -2.17. The molecule has 2 N–H and O–H groups in total. The van der Waals surface area contributed by atoms with Crippen LogP contribution in [-0.2, 0) is 4.79 Å². The first kappa shape index (κ1) is 15.3. The topological polar surface area (TPSA) is 79.3 Å². The van der Waals surface area contributed by atoms with Gasteiger partial charge in [0.15, 0.2) is 0 Å². The molecule has 0 unspecified atom stereocenters. The summed E-state index contributed by atoms with van der Waals surface area (Å²) in [5.74, 6) is -1.86. The number of amides is 1. The highest BCUT2D eigenvalue weighted by Gasteiger charge is 2.24. The molecule has 1 amide bonds. The van der Waals surface area contributed by atoms with E-state index in [1.54, 1.807) is 26.0 Å². The van der Waals surface area contributed by atoms with Crippen molar-refractivity contribution >= 4 is 34.2 Å². The van der Waals surface area contributed by atoms with Gasteiger partial charge in [0.1, 0.15) is 16.9 Å². The zero-order valence-corrected chi connectivity index (χ0v) is 12.4. The van der Waals surface area contributed by atoms with Gasteiger partial charge < -0.3 is 10.4 Å². The molecule has 1 aromatic heterocycles. The maximum absolute atomic E-state index is 12.2. The zero-order valence-electron chi connectivity index (χ0n) is 11.6. The van der Waals surface area contributed by atoms with E-state index in [0.29, 0.717) is 0 Å². The van der Waals surface area contributed by atoms with E-state index >= 15 is 0 Å². The minimum atomic E-state index is -1.08. The fourth-order valence-electron chi connectivity index (χ4n) is 2.00. The highest BCUT2D eigenvalue weighted by Crippen LogP contribution is 2.22. The first-order chi connectivity index (χ1) is 9.90. The number of carboxylic acids is 1. The summed E-state index contributed by atoms with van der Waals surface area (Å²) in [7, 11) is 0. The third-order valence-electron chi connectivity index (χ3n) is 3.15. The average molecular weight is 307 g/mol. The minimum absolute atomic E-state index is 0.102. The fraction of sp³-hybridized carbons (Fsp3) is 0.267. The molecule has 0 saturated carbocycles. The second-order valence-corrected chi connectivity index (χ2v) is 5.41. The first-order valence-corrected chi connectivity index (χ1v) is 6.87. The lowest BCUT2D eigenvalue weighted by Crippen LogP contribution is -2.44. The van der Waals surface area contributed by atoms with Crippen LogP contribution in [0.1, 0.15) is 24.3 Å². The minimum Gasteiger partial charge on any atom is -0.480 e. The Balaban J connectivity index is 2.33. The number of aromatic nitrogens is 1. The maximum Gasteiger partial charge on any atom is 0.326 e. The van der Waals surface area contributed by atoms with Crippen LogP contribution in [0.15, 0.2) is 30.3 Å². The predicted octanol–water partition coefficient (Wildman–Crippen LogP) is 2.73. The number of carbonyl (C=O) groups is 2. The average Bonchev–Trinajstić information content (AvgIpc) is 2.43. The van der Waals surface area contributed by atoms with E-state index in [1.807, 2.05) is 18.2 Å². The van der Waals surface area contributed by atoms with Crippen molar-refractivity contribution in [2.24, 2.45) is 5.92 Å². The Morgan fingerprint density at radius 3 is 2.57 bits per heavy atom. The fourth-order valence-corrected chi connectivity index (χ4v) is 2.26. The number of carboxylic acid groups (broad SMARTS) is 1. The number of carbonyl (C=O) groups excluding carboxylic acids is 1. The van der Waals surface area contributed by atoms with Crippen LogP contribution < -0.4 is 5.32 Å². The van der Waals surface area contributed by atoms with Gasteiger partial charge in [0.2, 0.25) is 0 Å². The van der Waals surface area contributed by atoms with Crippen LogP contribution in [-0.4, -0.2) is 28.0 Å². The number of nitrogens with one attached hydrogen (secondary N) is 1. The molecule has 2 aromatic rings. The van der Waals surface area contributed by atoms with Crippen LogP contribution in [0.3, 0.4) is 0 Å². The maximum atomic E-state index is 12.2. The molecule has 5 nitrogen and oxygen atoms in total. The van der Waals surface area contributed by atoms with Crippen molar-refractivity contribution < 1.29 is 14.7 Å². The Morgan fingerprint density at radius 2 is 1.95 bits per heavy atom. The van der Waals surface area contributed by atoms with Gasteiger partial charge in [-0.2, -0.15) is 0 Å². The summed E-state index contributed by atoms with van der Waals surface area (Å²) in [6, 6.07) is 7.90. The highest BCUT2D eigenvalue weighted by molar-refractivity contribution is 6.34. The van der Waals surface area contributed by atoms with Gasteiger partial charge in [-0.25, -0.2) is 9.78 Å². The molecule has 21 heavy (non-hydrogen) atoms. The molecule has 2 rings (SSSR count). The Kier molecular flexibility index (Phi) is 4.43. The summed E-state index contributed by atoms with van der Waals surface area (Å²) in [5.41, 5.74) is 0.102. The van der Waals surface area contributed by atoms with E-state index in [-0.39, 0.29) is 16.8 Å². The van der Waals surface area contributed by atoms with Crippen molar-refractivity contribution in [3.05, 3.63) is 41.2 Å². The molecule has 1 atom stereocenters. The van der Waals surface area contributed by atoms with E-state index in [9.17, 15) is 9.59 Å². The van der Waals surface area contributed by atoms with Gasteiger partial charge in [-0.1, -0.05) is 49.7 Å². The van der Waals surface area contributed by atoms with Gasteiger partial charge in [-0.3, -0.25) is 4.79 Å². The number of benzene rings is 1. The number of nitrogens with zero attached hydrogens (tertiary/aromatic N) is 1. The van der Waals surface area contributed by atoms with Gasteiger partial charge in [0.25, 0.3) is 5.91 Å². The van der Waals surface area contributed by atoms with Gasteiger partial charge >= 0.3 is 5.97 Å². The second-order valence-electron chi connectivity index (χ2n) is 5.05. The van der Waals surface area contributed by atoms with Crippen LogP contribution in [0, 0.1) is 5.92 Å². The number of hydrogen-bond donors (Lipinski definition) is 2. The summed E-state index contributed by atoms with van der Waals surface area (Å²) in [4.78, 5) is 27.3. The Morgan fingerprint density at radius 1 is 1.29 bits per heavy atom. The largest absolute Gasteiger partial charge is 0.480 e. The molecule has 1 heterocycles. The van der Waals surface area contributed by atoms with Crippen molar-refractivity contribution in [1.29, 1.82) is 0 Å². The van der Waals surface area contributed by atoms with Crippen molar-refractivity contribution in [2.75, 3.05) is 0 Å². The van der Waals surface area contributed by atoms with Crippen LogP contribution in [0.2, 0.25) is 5.15 Å². The number of pyridine rings is 1. The number of hydrogen-bond acceptors (Lipinski definition) is 3. The van der Waals surface area contributed by atoms with Gasteiger partial charge in [0.05, 0.1) is 0 Å². The highest BCUT2D eigenvalue weighted by atomic mass is 35.5. The van der Waals surface area contributed by atoms with Gasteiger partial charge in [-0.05, 0) is 17.4 Å². The third kappa shape index (κ3) is 3.31. The molecule has 1 aromatic carbocycles. The van der Waals surface area contributed by atoms with E-state index < -0.39 is 17.9 Å². The SMILES string of the molecule is CC(C)[C@H](NC(=O)c1cc2ccccc2c(Cl)n1)C(=O)O. The summed E-state index contributed by atoms with van der Waals surface area (Å²) in [6.07, 6.45) is 0. The van der Waals surface area contributed by atoms with Crippen LogP contribution in [0.25, 0.3) is 10.8 Å². The number of fused-ring (bicyclic) bond motifs is 1. The van der Waals surface area contributed by atoms with E-state index in [4.69, 9.17) is 16.7 Å². The molecule has 0 radical (unpaired) electrons. The van der Waals surface area contributed by atoms with Crippen LogP contribution in [0.4, 0.5) is 0 Å². The number of halogens is 1. The van der Waals surface area contributed by atoms with E-state index in [0.717, 1.165) is 10.8 Å². The lowest BCUT2D eigenvalue weighted by molar-refractivity contribution is -0.140. The summed E-state index contributed by atoms with van der Waals surface area (Å²) in [6.45, 7) is 3.44. The van der Waals surface area contributed by atoms with Gasteiger partial charge in [-0.15, -0.1) is 0 Å². The summed E-state index contributed by atoms with van der Waals surface area (Å²) in [5, 5.41) is 13.3. The van der Waals surface area contributed by atoms with Crippen molar-refractivity contribution in [3.63, 3.8) is 0 Å². The lowest BCUT2D eigenvalue weighted by atomic mass is 10.0. The predicted molar refractivity (Wildman–Crippen MR) is 80.5 cm³/mol. The van der Waals surface area contributed by atoms with Crippen LogP contribution >= 0.6 is 11.6 Å². The Hall–Kier alpha value is -2.14. The van der Waals surface area contributed by atoms with Crippen molar-refractivity contribution in [1.82, 2.24) is 10.3 Å². The monoisotopic (exact) mass is 306 g/mol. The quantitative estimate of drug-likeness (QED) is 0.851. The molecular formula is C15H15ClN2O3. The molecule has 0 aliphatic heterocycles. The molecule has 0 aliphatic carbocycles. The van der Waals surface area contributed by atoms with Crippen molar-refractivity contribution in [2.45, 2.75) is 19.9 Å². The molecule has 0 fully saturated rings. The number of aliphatic carboxylic acids is 1. The smallest absolute Gasteiger partial charge is 0.326 e. The molecule has 0 bridgehead atoms. The normalized spacial score (nSPS) is 12.4. The second kappa shape index (κ2) is 6.10. The standard InChI is InChI=1S/C15H15ClN2O3/c1-8(2)12(15(20)21)18-14(19)11-7-9-5-3-4-6-10(9)13(16)17-11/h3-8,12H,1-2H3,(H,18,19)(H,20,21)/t12-/m0/s1. The molecular weight excluding hydrogens is 292 g/mol. The molecule has 0 spiro atoms. The number of rotatable bonds is 4. The Bertz CT molecular complexity index is 700. The molecule has 110 valence electrons. The Labute approximate surface area is 126 Å². The molecule has 0 saturated heterocycles. The zero-order chi connectivity index (χ0) is 15.6. The summed E-state index contributed by atoms with van der Waals surface area (Å²) >= 11 is 6.06. The van der Waals surface area contributed by atoms with Crippen molar-refractivity contribution in [3.8, 4) is 0 Å². The summed E-state index contributed by atoms with van der Waals surface area (Å²) < 4.78 is 0. The van der Waals surface area contributed by atoms with E-state index in [2.05, 4.69) is 10.3 Å². The van der Waals surface area contributed by atoms with E-state index in [1.165, 1.54) is 0 Å².